The number of imidazole rings is 1. The third kappa shape index (κ3) is 8.83. The number of carbonyl (C=O) groups excluding carboxylic acids is 4. The molecule has 0 unspecified atom stereocenters. The van der Waals surface area contributed by atoms with Crippen LogP contribution in [0.2, 0.25) is 0 Å². The van der Waals surface area contributed by atoms with E-state index >= 15 is 0 Å². The predicted molar refractivity (Wildman–Crippen MR) is 215 cm³/mol. The van der Waals surface area contributed by atoms with Crippen LogP contribution in [0.5, 0.6) is 6.01 Å². The van der Waals surface area contributed by atoms with Crippen LogP contribution in [0.25, 0.3) is 21.6 Å². The maximum absolute atomic E-state index is 14.6. The van der Waals surface area contributed by atoms with Gasteiger partial charge in [0.05, 0.1) is 17.3 Å². The van der Waals surface area contributed by atoms with Crippen molar-refractivity contribution in [2.45, 2.75) is 140 Å². The molecule has 0 bridgehead atoms. The SMILES string of the molecule is Cc1cnc(-c2cccc3c2nc(O[C@@H]2C[C@H]4C(=O)N[C@]5(C(=O)NS(=O)(=O)C6CC6)C[C@H]5/C=C\CCCCC[C@H](NC(=O)OC(C)(C)C)C(=O)N4C2)n3C(C)C)s1. The normalized spacial score (nSPS) is 26.5. The summed E-state index contributed by atoms with van der Waals surface area (Å²) in [4.78, 5) is 68.1. The highest BCUT2D eigenvalue weighted by atomic mass is 32.2. The number of rotatable bonds is 8. The third-order valence-electron chi connectivity index (χ3n) is 10.9. The van der Waals surface area contributed by atoms with Crippen LogP contribution in [-0.4, -0.2) is 92.8 Å². The number of carbonyl (C=O) groups is 4. The summed E-state index contributed by atoms with van der Waals surface area (Å²) < 4.78 is 42.2. The van der Waals surface area contributed by atoms with E-state index < -0.39 is 74.3 Å². The van der Waals surface area contributed by atoms with Crippen molar-refractivity contribution in [3.05, 3.63) is 41.4 Å². The van der Waals surface area contributed by atoms with E-state index in [2.05, 4.69) is 20.3 Å². The first-order valence-electron chi connectivity index (χ1n) is 19.9. The van der Waals surface area contributed by atoms with E-state index in [4.69, 9.17) is 14.5 Å². The summed E-state index contributed by atoms with van der Waals surface area (Å²) in [7, 11) is -3.90. The van der Waals surface area contributed by atoms with Crippen LogP contribution in [0.3, 0.4) is 0 Å². The van der Waals surface area contributed by atoms with Crippen LogP contribution >= 0.6 is 11.3 Å². The number of hydrogen-bond donors (Lipinski definition) is 3. The molecule has 4 aliphatic rings. The van der Waals surface area contributed by atoms with Gasteiger partial charge in [0.2, 0.25) is 21.8 Å². The lowest BCUT2D eigenvalue weighted by Crippen LogP contribution is -2.58. The summed E-state index contributed by atoms with van der Waals surface area (Å²) in [5, 5.41) is 5.87. The van der Waals surface area contributed by atoms with Crippen molar-refractivity contribution in [3.63, 3.8) is 0 Å². The topological polar surface area (TPSA) is 191 Å². The molecule has 2 aliphatic heterocycles. The van der Waals surface area contributed by atoms with E-state index in [1.165, 1.54) is 4.90 Å². The third-order valence-corrected chi connectivity index (χ3v) is 13.6. The van der Waals surface area contributed by atoms with Gasteiger partial charge in [0.25, 0.3) is 11.9 Å². The summed E-state index contributed by atoms with van der Waals surface area (Å²) in [5.41, 5.74) is 0.0985. The van der Waals surface area contributed by atoms with Crippen LogP contribution in [0.4, 0.5) is 4.79 Å². The highest BCUT2D eigenvalue weighted by Crippen LogP contribution is 2.46. The zero-order valence-corrected chi connectivity index (χ0v) is 35.0. The molecule has 2 aromatic heterocycles. The first kappa shape index (κ1) is 40.7. The Bertz CT molecular complexity index is 2190. The Labute approximate surface area is 337 Å². The number of thiazole rings is 1. The van der Waals surface area contributed by atoms with Crippen molar-refractivity contribution in [1.29, 1.82) is 0 Å². The van der Waals surface area contributed by atoms with Crippen molar-refractivity contribution in [1.82, 2.24) is 34.8 Å². The molecule has 5 atom stereocenters. The number of allylic oxidation sites excluding steroid dienone is 1. The van der Waals surface area contributed by atoms with Gasteiger partial charge >= 0.3 is 6.09 Å². The zero-order chi connectivity index (χ0) is 40.9. The van der Waals surface area contributed by atoms with E-state index in [-0.39, 0.29) is 25.4 Å². The molecule has 17 heteroatoms. The second-order valence-electron chi connectivity index (χ2n) is 17.0. The number of fused-ring (bicyclic) bond motifs is 3. The Morgan fingerprint density at radius 2 is 1.88 bits per heavy atom. The van der Waals surface area contributed by atoms with Gasteiger partial charge in [-0.3, -0.25) is 23.7 Å². The fraction of sp³-hybridized carbons (Fsp3) is 0.600. The lowest BCUT2D eigenvalue weighted by molar-refractivity contribution is -0.141. The average molecular weight is 824 g/mol. The Morgan fingerprint density at radius 3 is 2.56 bits per heavy atom. The molecular weight excluding hydrogens is 771 g/mol. The standard InChI is InChI=1S/C40H53N7O8S2/c1-23(2)47-30-16-12-14-28(34-41-21-24(3)56-34)32(30)43-37(47)54-26-19-31-33(48)44-40(36(50)45-57(52,53)27-17-18-27)20-25(40)13-10-8-7-9-11-15-29(35(49)46(31)22-26)42-38(51)55-39(4,5)6/h10,12-14,16,21,23,25-27,29,31H,7-9,11,15,17-20,22H2,1-6H3,(H,42,51)(H,44,48)(H,45,50)/b13-10-/t25-,26-,29+,31+,40-/m1/s1. The molecule has 57 heavy (non-hydrogen) atoms. The summed E-state index contributed by atoms with van der Waals surface area (Å²) in [6.07, 6.45) is 8.59. The molecule has 4 amide bonds. The van der Waals surface area contributed by atoms with Crippen LogP contribution in [0, 0.1) is 12.8 Å². The molecule has 1 aromatic carbocycles. The lowest BCUT2D eigenvalue weighted by Gasteiger charge is -2.30. The van der Waals surface area contributed by atoms with Gasteiger partial charge < -0.3 is 25.0 Å². The fourth-order valence-corrected chi connectivity index (χ4v) is 9.93. The number of nitrogens with zero attached hydrogens (tertiary/aromatic N) is 4. The van der Waals surface area contributed by atoms with Gasteiger partial charge in [-0.05, 0) is 92.2 Å². The second-order valence-corrected chi connectivity index (χ2v) is 20.2. The minimum atomic E-state index is -3.90. The number of amides is 4. The molecule has 3 aromatic rings. The first-order chi connectivity index (χ1) is 27.0. The first-order valence-corrected chi connectivity index (χ1v) is 22.3. The Balaban J connectivity index is 1.22. The number of para-hydroxylation sites is 1. The van der Waals surface area contributed by atoms with Gasteiger partial charge in [0.1, 0.15) is 39.9 Å². The molecule has 0 spiro atoms. The Morgan fingerprint density at radius 1 is 1.11 bits per heavy atom. The maximum atomic E-state index is 14.6. The lowest BCUT2D eigenvalue weighted by atomic mass is 10.0. The minimum Gasteiger partial charge on any atom is -0.459 e. The van der Waals surface area contributed by atoms with Crippen LogP contribution in [0.15, 0.2) is 36.5 Å². The molecule has 15 nitrogen and oxygen atoms in total. The highest BCUT2D eigenvalue weighted by molar-refractivity contribution is 7.91. The number of ether oxygens (including phenoxy) is 2. The van der Waals surface area contributed by atoms with Crippen molar-refractivity contribution < 1.29 is 37.1 Å². The summed E-state index contributed by atoms with van der Waals surface area (Å²) in [5.74, 6) is -2.32. The Hall–Kier alpha value is -4.51. The second kappa shape index (κ2) is 15.7. The number of hydrogen-bond acceptors (Lipinski definition) is 11. The monoisotopic (exact) mass is 823 g/mol. The van der Waals surface area contributed by atoms with Crippen molar-refractivity contribution in [2.75, 3.05) is 6.54 Å². The van der Waals surface area contributed by atoms with E-state index in [9.17, 15) is 27.6 Å². The maximum Gasteiger partial charge on any atom is 0.408 e. The number of nitrogens with one attached hydrogen (secondary N) is 3. The van der Waals surface area contributed by atoms with Gasteiger partial charge in [-0.25, -0.2) is 18.2 Å². The molecule has 3 fully saturated rings. The molecule has 1 saturated heterocycles. The van der Waals surface area contributed by atoms with Crippen molar-refractivity contribution >= 4 is 56.2 Å². The molecule has 308 valence electrons. The summed E-state index contributed by atoms with van der Waals surface area (Å²) in [6.45, 7) is 11.2. The van der Waals surface area contributed by atoms with E-state index in [0.717, 1.165) is 33.8 Å². The van der Waals surface area contributed by atoms with Crippen LogP contribution in [0.1, 0.15) is 103 Å². The molecule has 2 aliphatic carbocycles. The van der Waals surface area contributed by atoms with Gasteiger partial charge in [0.15, 0.2) is 0 Å². The van der Waals surface area contributed by atoms with E-state index in [1.54, 1.807) is 32.1 Å². The van der Waals surface area contributed by atoms with Crippen molar-refractivity contribution in [2.24, 2.45) is 5.92 Å². The van der Waals surface area contributed by atoms with Gasteiger partial charge in [-0.1, -0.05) is 31.1 Å². The number of aromatic nitrogens is 3. The van der Waals surface area contributed by atoms with Gasteiger partial charge in [0, 0.05) is 35.0 Å². The van der Waals surface area contributed by atoms with Crippen LogP contribution < -0.4 is 20.1 Å². The average Bonchev–Trinajstić information content (AvgIpc) is 3.96. The smallest absolute Gasteiger partial charge is 0.408 e. The van der Waals surface area contributed by atoms with E-state index in [1.807, 2.05) is 61.9 Å². The minimum absolute atomic E-state index is 0.0121. The number of benzene rings is 1. The summed E-state index contributed by atoms with van der Waals surface area (Å²) >= 11 is 1.56. The number of aryl methyl sites for hydroxylation is 1. The van der Waals surface area contributed by atoms with E-state index in [0.29, 0.717) is 43.6 Å². The molecule has 0 radical (unpaired) electrons. The predicted octanol–water partition coefficient (Wildman–Crippen LogP) is 5.29. The fourth-order valence-electron chi connectivity index (χ4n) is 7.78. The molecule has 3 N–H and O–H groups in total. The molecule has 4 heterocycles. The largest absolute Gasteiger partial charge is 0.459 e. The quantitative estimate of drug-likeness (QED) is 0.252. The Kier molecular flexibility index (Phi) is 11.2. The highest BCUT2D eigenvalue weighted by Gasteiger charge is 2.62. The van der Waals surface area contributed by atoms with Gasteiger partial charge in [-0.15, -0.1) is 11.3 Å². The van der Waals surface area contributed by atoms with Crippen LogP contribution in [-0.2, 0) is 29.1 Å². The number of alkyl carbamates (subject to hydrolysis) is 1. The zero-order valence-electron chi connectivity index (χ0n) is 33.4. The summed E-state index contributed by atoms with van der Waals surface area (Å²) in [6, 6.07) is 4.02. The molecule has 2 saturated carbocycles. The van der Waals surface area contributed by atoms with Crippen molar-refractivity contribution in [3.8, 4) is 16.6 Å². The molecule has 7 rings (SSSR count). The number of sulfonamides is 1. The molecular formula is C40H53N7O8S2. The van der Waals surface area contributed by atoms with Gasteiger partial charge in [-0.2, -0.15) is 4.98 Å².